The lowest BCUT2D eigenvalue weighted by molar-refractivity contribution is -0.660. The van der Waals surface area contributed by atoms with E-state index in [1.54, 1.807) is 0 Å². The van der Waals surface area contributed by atoms with Gasteiger partial charge in [0.1, 0.15) is 14.1 Å². The Bertz CT molecular complexity index is 1200. The molecule has 33 heavy (non-hydrogen) atoms. The highest BCUT2D eigenvalue weighted by Gasteiger charge is 2.21. The summed E-state index contributed by atoms with van der Waals surface area (Å²) < 4.78 is 4.43. The number of nitrogens with zero attached hydrogens (tertiary/aromatic N) is 2. The molecular formula is C31H34N2+2. The smallest absolute Gasteiger partial charge is 0.201 e. The second kappa shape index (κ2) is 9.31. The molecule has 0 bridgehead atoms. The molecule has 0 unspecified atom stereocenters. The van der Waals surface area contributed by atoms with Gasteiger partial charge in [-0.2, -0.15) is 0 Å². The number of pyridine rings is 2. The Balaban J connectivity index is 1.64. The lowest BCUT2D eigenvalue weighted by atomic mass is 9.83. The van der Waals surface area contributed by atoms with E-state index in [1.165, 1.54) is 76.9 Å². The zero-order chi connectivity index (χ0) is 22.8. The zero-order valence-electron chi connectivity index (χ0n) is 20.1. The van der Waals surface area contributed by atoms with Gasteiger partial charge in [-0.3, -0.25) is 0 Å². The molecule has 1 aliphatic rings. The number of rotatable bonds is 4. The summed E-state index contributed by atoms with van der Waals surface area (Å²) in [5.41, 5.74) is 10.4. The van der Waals surface area contributed by atoms with Gasteiger partial charge >= 0.3 is 0 Å². The van der Waals surface area contributed by atoms with Crippen LogP contribution < -0.4 is 9.13 Å². The lowest BCUT2D eigenvalue weighted by Crippen LogP contribution is -2.31. The first kappa shape index (κ1) is 21.6. The normalized spacial score (nSPS) is 14.4. The monoisotopic (exact) mass is 434 g/mol. The van der Waals surface area contributed by atoms with Crippen molar-refractivity contribution in [2.45, 2.75) is 44.9 Å². The number of hydrogen-bond acceptors (Lipinski definition) is 0. The highest BCUT2D eigenvalue weighted by molar-refractivity contribution is 5.81. The van der Waals surface area contributed by atoms with E-state index in [0.29, 0.717) is 0 Å². The van der Waals surface area contributed by atoms with Crippen LogP contribution in [0.4, 0.5) is 0 Å². The van der Waals surface area contributed by atoms with Gasteiger partial charge in [0, 0.05) is 24.3 Å². The largest absolute Gasteiger partial charge is 0.212 e. The van der Waals surface area contributed by atoms with Gasteiger partial charge in [-0.15, -0.1) is 0 Å². The van der Waals surface area contributed by atoms with Crippen LogP contribution in [0.15, 0.2) is 85.2 Å². The van der Waals surface area contributed by atoms with Gasteiger partial charge in [0.05, 0.1) is 11.1 Å². The maximum absolute atomic E-state index is 2.37. The van der Waals surface area contributed by atoms with Gasteiger partial charge in [-0.25, -0.2) is 9.13 Å². The van der Waals surface area contributed by atoms with Gasteiger partial charge in [0.15, 0.2) is 12.4 Å². The van der Waals surface area contributed by atoms with E-state index >= 15 is 0 Å². The van der Waals surface area contributed by atoms with Crippen molar-refractivity contribution in [3.05, 3.63) is 96.3 Å². The molecule has 0 atom stereocenters. The summed E-state index contributed by atoms with van der Waals surface area (Å²) in [5, 5.41) is 0. The summed E-state index contributed by atoms with van der Waals surface area (Å²) >= 11 is 0. The summed E-state index contributed by atoms with van der Waals surface area (Å²) in [6, 6.07) is 27.0. The highest BCUT2D eigenvalue weighted by atomic mass is 14.9. The minimum Gasteiger partial charge on any atom is -0.201 e. The van der Waals surface area contributed by atoms with E-state index in [0.717, 1.165) is 5.92 Å². The Morgan fingerprint density at radius 2 is 1.18 bits per heavy atom. The van der Waals surface area contributed by atoms with Crippen LogP contribution in [0.5, 0.6) is 0 Å². The molecule has 0 aliphatic heterocycles. The fraction of sp³-hybridized carbons (Fsp3) is 0.290. The van der Waals surface area contributed by atoms with Gasteiger partial charge < -0.3 is 0 Å². The van der Waals surface area contributed by atoms with Crippen LogP contribution in [0, 0.1) is 6.92 Å². The fourth-order valence-corrected chi connectivity index (χ4v) is 5.40. The Hall–Kier alpha value is -3.26. The molecule has 5 rings (SSSR count). The molecule has 0 amide bonds. The van der Waals surface area contributed by atoms with Crippen molar-refractivity contribution in [3.8, 4) is 33.6 Å². The maximum atomic E-state index is 2.37. The molecule has 0 radical (unpaired) electrons. The SMILES string of the molecule is Cc1c(-c2cccc[n+]2C)cc(-c2ccc(C3CCCCC3)cc2)cc1-c1cccc[n+]1C. The van der Waals surface area contributed by atoms with Crippen LogP contribution >= 0.6 is 0 Å². The van der Waals surface area contributed by atoms with E-state index in [-0.39, 0.29) is 0 Å². The zero-order valence-corrected chi connectivity index (χ0v) is 20.1. The second-order valence-electron chi connectivity index (χ2n) is 9.55. The van der Waals surface area contributed by atoms with Gasteiger partial charge in [-0.05, 0) is 72.2 Å². The summed E-state index contributed by atoms with van der Waals surface area (Å²) in [6.45, 7) is 2.25. The van der Waals surface area contributed by atoms with Crippen molar-refractivity contribution in [2.24, 2.45) is 14.1 Å². The lowest BCUT2D eigenvalue weighted by Gasteiger charge is -2.22. The first-order chi connectivity index (χ1) is 16.1. The number of aromatic nitrogens is 2. The van der Waals surface area contributed by atoms with E-state index in [2.05, 4.69) is 115 Å². The number of benzene rings is 2. The molecule has 2 heterocycles. The van der Waals surface area contributed by atoms with Crippen LogP contribution in [-0.2, 0) is 14.1 Å². The molecule has 2 nitrogen and oxygen atoms in total. The van der Waals surface area contributed by atoms with Crippen LogP contribution in [0.25, 0.3) is 33.6 Å². The molecule has 1 aliphatic carbocycles. The van der Waals surface area contributed by atoms with E-state index in [9.17, 15) is 0 Å². The fourth-order valence-electron chi connectivity index (χ4n) is 5.40. The first-order valence-electron chi connectivity index (χ1n) is 12.3. The van der Waals surface area contributed by atoms with E-state index < -0.39 is 0 Å². The first-order valence-corrected chi connectivity index (χ1v) is 12.3. The molecule has 2 aromatic carbocycles. The van der Waals surface area contributed by atoms with Crippen molar-refractivity contribution < 1.29 is 9.13 Å². The molecule has 1 saturated carbocycles. The minimum absolute atomic E-state index is 0.740. The molecular weight excluding hydrogens is 400 g/mol. The Morgan fingerprint density at radius 1 is 0.636 bits per heavy atom. The number of hydrogen-bond donors (Lipinski definition) is 0. The van der Waals surface area contributed by atoms with Gasteiger partial charge in [0.25, 0.3) is 0 Å². The van der Waals surface area contributed by atoms with Gasteiger partial charge in [-0.1, -0.05) is 43.5 Å². The Morgan fingerprint density at radius 3 is 1.70 bits per heavy atom. The summed E-state index contributed by atoms with van der Waals surface area (Å²) in [4.78, 5) is 0. The third kappa shape index (κ3) is 4.35. The molecule has 2 heteroatoms. The van der Waals surface area contributed by atoms with Gasteiger partial charge in [0.2, 0.25) is 11.4 Å². The quantitative estimate of drug-likeness (QED) is 0.316. The molecule has 0 N–H and O–H groups in total. The number of aryl methyl sites for hydroxylation is 2. The second-order valence-corrected chi connectivity index (χ2v) is 9.55. The van der Waals surface area contributed by atoms with Crippen molar-refractivity contribution in [2.75, 3.05) is 0 Å². The summed E-state index contributed by atoms with van der Waals surface area (Å²) in [5.74, 6) is 0.740. The van der Waals surface area contributed by atoms with Crippen LogP contribution in [-0.4, -0.2) is 0 Å². The predicted molar refractivity (Wildman–Crippen MR) is 136 cm³/mol. The molecule has 4 aromatic rings. The van der Waals surface area contributed by atoms with Crippen LogP contribution in [0.1, 0.15) is 49.1 Å². The molecule has 0 spiro atoms. The molecule has 166 valence electrons. The molecule has 0 saturated heterocycles. The Labute approximate surface area is 198 Å². The van der Waals surface area contributed by atoms with Crippen LogP contribution in [0.3, 0.4) is 0 Å². The molecule has 2 aromatic heterocycles. The third-order valence-electron chi connectivity index (χ3n) is 7.39. The van der Waals surface area contributed by atoms with Crippen LogP contribution in [0.2, 0.25) is 0 Å². The standard InChI is InChI=1S/C31H34N2/c1-23-28(30-13-7-9-19-32(30)2)21-27(22-29(23)31-14-8-10-20-33(31)3)26-17-15-25(16-18-26)24-11-5-4-6-12-24/h7-10,13-22,24H,4-6,11-12H2,1-3H3/q+2. The van der Waals surface area contributed by atoms with E-state index in [4.69, 9.17) is 0 Å². The average Bonchev–Trinajstić information content (AvgIpc) is 2.86. The minimum atomic E-state index is 0.740. The maximum Gasteiger partial charge on any atom is 0.212 e. The Kier molecular flexibility index (Phi) is 6.09. The molecule has 1 fully saturated rings. The van der Waals surface area contributed by atoms with Crippen molar-refractivity contribution in [3.63, 3.8) is 0 Å². The predicted octanol–water partition coefficient (Wildman–Crippen LogP) is 6.69. The average molecular weight is 435 g/mol. The van der Waals surface area contributed by atoms with E-state index in [1.807, 2.05) is 0 Å². The van der Waals surface area contributed by atoms with Crippen molar-refractivity contribution in [1.29, 1.82) is 0 Å². The third-order valence-corrected chi connectivity index (χ3v) is 7.39. The van der Waals surface area contributed by atoms with Crippen molar-refractivity contribution >= 4 is 0 Å². The summed E-state index contributed by atoms with van der Waals surface area (Å²) in [7, 11) is 4.26. The van der Waals surface area contributed by atoms with Crippen molar-refractivity contribution in [1.82, 2.24) is 0 Å². The highest BCUT2D eigenvalue weighted by Crippen LogP contribution is 2.37. The topological polar surface area (TPSA) is 7.76 Å². The summed E-state index contributed by atoms with van der Waals surface area (Å²) in [6.07, 6.45) is 11.1.